The monoisotopic (exact) mass is 250 g/mol. The minimum absolute atomic E-state index is 0.0143. The fourth-order valence-electron chi connectivity index (χ4n) is 1.96. The molecule has 1 unspecified atom stereocenters. The highest BCUT2D eigenvalue weighted by atomic mass is 16.5. The number of methoxy groups -OCH3 is 1. The van der Waals surface area contributed by atoms with E-state index in [0.29, 0.717) is 12.4 Å². The number of amides is 1. The Bertz CT molecular complexity index is 405. The van der Waals surface area contributed by atoms with Crippen molar-refractivity contribution in [2.75, 3.05) is 26.8 Å². The number of hydrogen-bond acceptors (Lipinski definition) is 4. The van der Waals surface area contributed by atoms with Crippen molar-refractivity contribution < 1.29 is 14.3 Å². The van der Waals surface area contributed by atoms with Gasteiger partial charge in [0.25, 0.3) is 0 Å². The molecule has 2 heterocycles. The molecule has 1 amide bonds. The van der Waals surface area contributed by atoms with Gasteiger partial charge in [0.15, 0.2) is 0 Å². The topological polar surface area (TPSA) is 51.7 Å². The van der Waals surface area contributed by atoms with Crippen LogP contribution in [0.2, 0.25) is 0 Å². The summed E-state index contributed by atoms with van der Waals surface area (Å²) in [6.07, 6.45) is 2.64. The Kier molecular flexibility index (Phi) is 4.15. The smallest absolute Gasteiger partial charge is 0.248 e. The molecule has 0 N–H and O–H groups in total. The molecule has 1 saturated heterocycles. The lowest BCUT2D eigenvalue weighted by atomic mass is 10.3. The van der Waals surface area contributed by atoms with Crippen molar-refractivity contribution in [3.05, 3.63) is 23.9 Å². The molecule has 18 heavy (non-hydrogen) atoms. The second kappa shape index (κ2) is 5.82. The van der Waals surface area contributed by atoms with Crippen LogP contribution >= 0.6 is 0 Å². The predicted molar refractivity (Wildman–Crippen MR) is 66.5 cm³/mol. The van der Waals surface area contributed by atoms with Gasteiger partial charge in [-0.05, 0) is 12.5 Å². The van der Waals surface area contributed by atoms with E-state index >= 15 is 0 Å². The van der Waals surface area contributed by atoms with E-state index in [0.717, 1.165) is 18.5 Å². The van der Waals surface area contributed by atoms with Crippen LogP contribution in [0.3, 0.4) is 0 Å². The molecule has 1 aliphatic heterocycles. The van der Waals surface area contributed by atoms with Crippen LogP contribution < -0.4 is 4.74 Å². The molecule has 1 aliphatic rings. The standard InChI is InChI=1S/C13H18N2O3/c1-10-3-4-12(14-7-10)18-11-5-6-15(8-11)13(16)9-17-2/h3-4,7,11H,5-6,8-9H2,1-2H3. The zero-order valence-corrected chi connectivity index (χ0v) is 10.8. The number of carbonyl (C=O) groups excluding carboxylic acids is 1. The summed E-state index contributed by atoms with van der Waals surface area (Å²) in [7, 11) is 1.53. The van der Waals surface area contributed by atoms with Crippen molar-refractivity contribution >= 4 is 5.91 Å². The Morgan fingerprint density at radius 3 is 3.06 bits per heavy atom. The molecule has 0 aromatic carbocycles. The minimum atomic E-state index is 0.0143. The Labute approximate surface area is 107 Å². The molecular weight excluding hydrogens is 232 g/mol. The summed E-state index contributed by atoms with van der Waals surface area (Å²) in [5.74, 6) is 0.632. The lowest BCUT2D eigenvalue weighted by molar-refractivity contribution is -0.134. The van der Waals surface area contributed by atoms with Crippen molar-refractivity contribution in [3.63, 3.8) is 0 Å². The molecule has 2 rings (SSSR count). The molecule has 1 fully saturated rings. The van der Waals surface area contributed by atoms with E-state index in [9.17, 15) is 4.79 Å². The summed E-state index contributed by atoms with van der Waals surface area (Å²) in [5, 5.41) is 0. The first kappa shape index (κ1) is 12.8. The van der Waals surface area contributed by atoms with Gasteiger partial charge >= 0.3 is 0 Å². The second-order valence-electron chi connectivity index (χ2n) is 4.48. The van der Waals surface area contributed by atoms with Gasteiger partial charge in [0.1, 0.15) is 12.7 Å². The highest BCUT2D eigenvalue weighted by Crippen LogP contribution is 2.16. The van der Waals surface area contributed by atoms with E-state index in [-0.39, 0.29) is 18.6 Å². The summed E-state index contributed by atoms with van der Waals surface area (Å²) < 4.78 is 10.6. The van der Waals surface area contributed by atoms with Gasteiger partial charge < -0.3 is 14.4 Å². The summed E-state index contributed by atoms with van der Waals surface area (Å²) in [5.41, 5.74) is 1.10. The van der Waals surface area contributed by atoms with Gasteiger partial charge in [-0.25, -0.2) is 4.98 Å². The number of rotatable bonds is 4. The first-order valence-corrected chi connectivity index (χ1v) is 6.05. The fraction of sp³-hybridized carbons (Fsp3) is 0.538. The maximum absolute atomic E-state index is 11.6. The maximum Gasteiger partial charge on any atom is 0.248 e. The zero-order chi connectivity index (χ0) is 13.0. The van der Waals surface area contributed by atoms with Crippen molar-refractivity contribution in [3.8, 4) is 5.88 Å². The summed E-state index contributed by atoms with van der Waals surface area (Å²) >= 11 is 0. The van der Waals surface area contributed by atoms with Crippen molar-refractivity contribution in [1.29, 1.82) is 0 Å². The Hall–Kier alpha value is -1.62. The molecule has 1 atom stereocenters. The molecule has 5 nitrogen and oxygen atoms in total. The number of ether oxygens (including phenoxy) is 2. The number of carbonyl (C=O) groups is 1. The van der Waals surface area contributed by atoms with E-state index in [1.807, 2.05) is 19.1 Å². The average Bonchev–Trinajstić information content (AvgIpc) is 2.81. The lowest BCUT2D eigenvalue weighted by Gasteiger charge is -2.16. The molecule has 0 spiro atoms. The molecule has 5 heteroatoms. The van der Waals surface area contributed by atoms with Gasteiger partial charge in [-0.3, -0.25) is 4.79 Å². The van der Waals surface area contributed by atoms with Crippen LogP contribution in [-0.4, -0.2) is 48.7 Å². The first-order chi connectivity index (χ1) is 8.69. The predicted octanol–water partition coefficient (Wildman–Crippen LogP) is 1.02. The van der Waals surface area contributed by atoms with Crippen LogP contribution in [0.5, 0.6) is 5.88 Å². The van der Waals surface area contributed by atoms with Crippen LogP contribution in [0, 0.1) is 6.92 Å². The largest absolute Gasteiger partial charge is 0.472 e. The fourth-order valence-corrected chi connectivity index (χ4v) is 1.96. The zero-order valence-electron chi connectivity index (χ0n) is 10.8. The van der Waals surface area contributed by atoms with Crippen LogP contribution in [0.25, 0.3) is 0 Å². The van der Waals surface area contributed by atoms with Gasteiger partial charge in [-0.2, -0.15) is 0 Å². The van der Waals surface area contributed by atoms with Crippen LogP contribution in [0.15, 0.2) is 18.3 Å². The number of hydrogen-bond donors (Lipinski definition) is 0. The number of pyridine rings is 1. The summed E-state index contributed by atoms with van der Waals surface area (Å²) in [6, 6.07) is 3.82. The molecule has 1 aromatic rings. The van der Waals surface area contributed by atoms with E-state index in [1.165, 1.54) is 7.11 Å². The quantitative estimate of drug-likeness (QED) is 0.800. The summed E-state index contributed by atoms with van der Waals surface area (Å²) in [6.45, 7) is 3.45. The SMILES string of the molecule is COCC(=O)N1CCC(Oc2ccc(C)cn2)C1. The third-order valence-corrected chi connectivity index (χ3v) is 2.94. The Morgan fingerprint density at radius 2 is 2.39 bits per heavy atom. The van der Waals surface area contributed by atoms with Gasteiger partial charge in [-0.15, -0.1) is 0 Å². The minimum Gasteiger partial charge on any atom is -0.472 e. The van der Waals surface area contributed by atoms with E-state index in [2.05, 4.69) is 4.98 Å². The Balaban J connectivity index is 1.86. The highest BCUT2D eigenvalue weighted by molar-refractivity contribution is 5.77. The van der Waals surface area contributed by atoms with Crippen LogP contribution in [0.4, 0.5) is 0 Å². The molecular formula is C13H18N2O3. The Morgan fingerprint density at radius 1 is 1.56 bits per heavy atom. The normalized spacial score (nSPS) is 19.0. The number of nitrogens with zero attached hydrogens (tertiary/aromatic N) is 2. The molecule has 98 valence electrons. The van der Waals surface area contributed by atoms with Gasteiger partial charge in [0, 0.05) is 32.3 Å². The number of likely N-dealkylation sites (tertiary alicyclic amines) is 1. The van der Waals surface area contributed by atoms with E-state index < -0.39 is 0 Å². The lowest BCUT2D eigenvalue weighted by Crippen LogP contribution is -2.33. The molecule has 0 bridgehead atoms. The number of aryl methyl sites for hydroxylation is 1. The third kappa shape index (κ3) is 3.20. The van der Waals surface area contributed by atoms with Crippen LogP contribution in [0.1, 0.15) is 12.0 Å². The van der Waals surface area contributed by atoms with Crippen molar-refractivity contribution in [2.45, 2.75) is 19.4 Å². The molecule has 0 radical (unpaired) electrons. The van der Waals surface area contributed by atoms with E-state index in [1.54, 1.807) is 11.1 Å². The van der Waals surface area contributed by atoms with Gasteiger partial charge in [0.05, 0.1) is 6.54 Å². The van der Waals surface area contributed by atoms with Crippen LogP contribution in [-0.2, 0) is 9.53 Å². The second-order valence-corrected chi connectivity index (χ2v) is 4.48. The van der Waals surface area contributed by atoms with E-state index in [4.69, 9.17) is 9.47 Å². The van der Waals surface area contributed by atoms with Gasteiger partial charge in [0.2, 0.25) is 11.8 Å². The third-order valence-electron chi connectivity index (χ3n) is 2.94. The number of aromatic nitrogens is 1. The molecule has 0 saturated carbocycles. The molecule has 1 aromatic heterocycles. The van der Waals surface area contributed by atoms with Crippen molar-refractivity contribution in [1.82, 2.24) is 9.88 Å². The average molecular weight is 250 g/mol. The summed E-state index contributed by atoms with van der Waals surface area (Å²) in [4.78, 5) is 17.6. The van der Waals surface area contributed by atoms with Gasteiger partial charge in [-0.1, -0.05) is 6.07 Å². The first-order valence-electron chi connectivity index (χ1n) is 6.05. The maximum atomic E-state index is 11.6. The van der Waals surface area contributed by atoms with Crippen molar-refractivity contribution in [2.24, 2.45) is 0 Å². The highest BCUT2D eigenvalue weighted by Gasteiger charge is 2.27. The molecule has 0 aliphatic carbocycles.